The molecule has 0 amide bonds. The predicted octanol–water partition coefficient (Wildman–Crippen LogP) is 3.36. The Morgan fingerprint density at radius 2 is 2.00 bits per heavy atom. The SMILES string of the molecule is CCc1ccc(C(N)Cc2ccc(F)cc2F)o1. The number of hydrogen-bond donors (Lipinski definition) is 1. The Bertz CT molecular complexity index is 536. The summed E-state index contributed by atoms with van der Waals surface area (Å²) < 4.78 is 31.7. The summed E-state index contributed by atoms with van der Waals surface area (Å²) in [6.45, 7) is 1.98. The average molecular weight is 251 g/mol. The molecular weight excluding hydrogens is 236 g/mol. The van der Waals surface area contributed by atoms with Crippen molar-refractivity contribution in [2.75, 3.05) is 0 Å². The third kappa shape index (κ3) is 2.76. The van der Waals surface area contributed by atoms with Gasteiger partial charge >= 0.3 is 0 Å². The summed E-state index contributed by atoms with van der Waals surface area (Å²) in [6, 6.07) is 6.73. The zero-order valence-electron chi connectivity index (χ0n) is 10.1. The van der Waals surface area contributed by atoms with Gasteiger partial charge in [0, 0.05) is 12.5 Å². The van der Waals surface area contributed by atoms with Crippen LogP contribution >= 0.6 is 0 Å². The van der Waals surface area contributed by atoms with Crippen LogP contribution in [0.2, 0.25) is 0 Å². The fraction of sp³-hybridized carbons (Fsp3) is 0.286. The van der Waals surface area contributed by atoms with Crippen molar-refractivity contribution in [2.24, 2.45) is 5.73 Å². The largest absolute Gasteiger partial charge is 0.464 e. The number of hydrogen-bond acceptors (Lipinski definition) is 2. The van der Waals surface area contributed by atoms with Crippen molar-refractivity contribution < 1.29 is 13.2 Å². The second-order valence-corrected chi connectivity index (χ2v) is 4.20. The van der Waals surface area contributed by atoms with Crippen LogP contribution in [-0.4, -0.2) is 0 Å². The minimum atomic E-state index is -0.587. The molecule has 0 fully saturated rings. The third-order valence-electron chi connectivity index (χ3n) is 2.85. The quantitative estimate of drug-likeness (QED) is 0.904. The molecule has 1 unspecified atom stereocenters. The van der Waals surface area contributed by atoms with Crippen LogP contribution in [0.4, 0.5) is 8.78 Å². The molecule has 0 aliphatic rings. The molecule has 1 aromatic carbocycles. The van der Waals surface area contributed by atoms with E-state index in [1.165, 1.54) is 12.1 Å². The molecule has 0 aliphatic heterocycles. The van der Waals surface area contributed by atoms with Gasteiger partial charge in [-0.25, -0.2) is 8.78 Å². The van der Waals surface area contributed by atoms with Crippen LogP contribution < -0.4 is 5.73 Å². The molecule has 0 bridgehead atoms. The van der Waals surface area contributed by atoms with Crippen molar-refractivity contribution in [1.82, 2.24) is 0 Å². The Labute approximate surface area is 104 Å². The Hall–Kier alpha value is -1.68. The lowest BCUT2D eigenvalue weighted by Gasteiger charge is -2.09. The molecule has 0 saturated carbocycles. The van der Waals surface area contributed by atoms with Crippen molar-refractivity contribution in [3.05, 3.63) is 59.1 Å². The fourth-order valence-corrected chi connectivity index (χ4v) is 1.81. The van der Waals surface area contributed by atoms with E-state index in [-0.39, 0.29) is 6.42 Å². The fourth-order valence-electron chi connectivity index (χ4n) is 1.81. The van der Waals surface area contributed by atoms with Gasteiger partial charge in [-0.15, -0.1) is 0 Å². The lowest BCUT2D eigenvalue weighted by atomic mass is 10.0. The Morgan fingerprint density at radius 3 is 2.61 bits per heavy atom. The summed E-state index contributed by atoms with van der Waals surface area (Å²) in [7, 11) is 0. The number of rotatable bonds is 4. The molecule has 0 saturated heterocycles. The smallest absolute Gasteiger partial charge is 0.129 e. The van der Waals surface area contributed by atoms with Crippen LogP contribution in [0.5, 0.6) is 0 Å². The normalized spacial score (nSPS) is 12.7. The van der Waals surface area contributed by atoms with E-state index in [2.05, 4.69) is 0 Å². The molecule has 96 valence electrons. The number of nitrogens with two attached hydrogens (primary N) is 1. The van der Waals surface area contributed by atoms with Gasteiger partial charge < -0.3 is 10.2 Å². The number of furan rings is 1. The van der Waals surface area contributed by atoms with E-state index in [4.69, 9.17) is 10.2 Å². The van der Waals surface area contributed by atoms with Crippen LogP contribution in [0.25, 0.3) is 0 Å². The van der Waals surface area contributed by atoms with Crippen molar-refractivity contribution in [3.63, 3.8) is 0 Å². The number of halogens is 2. The van der Waals surface area contributed by atoms with E-state index in [0.29, 0.717) is 11.3 Å². The van der Waals surface area contributed by atoms with Gasteiger partial charge in [-0.3, -0.25) is 0 Å². The molecule has 1 aromatic heterocycles. The lowest BCUT2D eigenvalue weighted by molar-refractivity contribution is 0.431. The van der Waals surface area contributed by atoms with Crippen LogP contribution in [0.1, 0.15) is 30.0 Å². The first-order chi connectivity index (χ1) is 8.60. The molecule has 2 rings (SSSR count). The van der Waals surface area contributed by atoms with Crippen molar-refractivity contribution >= 4 is 0 Å². The van der Waals surface area contributed by atoms with Gasteiger partial charge in [0.15, 0.2) is 0 Å². The minimum Gasteiger partial charge on any atom is -0.464 e. The zero-order valence-corrected chi connectivity index (χ0v) is 10.1. The van der Waals surface area contributed by atoms with Gasteiger partial charge in [0.1, 0.15) is 23.2 Å². The van der Waals surface area contributed by atoms with Crippen molar-refractivity contribution in [1.29, 1.82) is 0 Å². The Kier molecular flexibility index (Phi) is 3.77. The molecular formula is C14H15F2NO. The highest BCUT2D eigenvalue weighted by atomic mass is 19.1. The van der Waals surface area contributed by atoms with E-state index in [9.17, 15) is 8.78 Å². The lowest BCUT2D eigenvalue weighted by Crippen LogP contribution is -2.13. The summed E-state index contributed by atoms with van der Waals surface area (Å²) >= 11 is 0. The third-order valence-corrected chi connectivity index (χ3v) is 2.85. The van der Waals surface area contributed by atoms with Crippen LogP contribution in [-0.2, 0) is 12.8 Å². The summed E-state index contributed by atoms with van der Waals surface area (Å²) in [5.41, 5.74) is 6.34. The maximum atomic E-state index is 13.5. The highest BCUT2D eigenvalue weighted by molar-refractivity contribution is 5.21. The van der Waals surface area contributed by atoms with Gasteiger partial charge in [-0.2, -0.15) is 0 Å². The van der Waals surface area contributed by atoms with E-state index < -0.39 is 17.7 Å². The molecule has 2 nitrogen and oxygen atoms in total. The second kappa shape index (κ2) is 5.31. The average Bonchev–Trinajstić information content (AvgIpc) is 2.81. The summed E-state index contributed by atoms with van der Waals surface area (Å²) in [4.78, 5) is 0. The first kappa shape index (κ1) is 12.8. The highest BCUT2D eigenvalue weighted by Crippen LogP contribution is 2.21. The van der Waals surface area contributed by atoms with Crippen LogP contribution in [0.3, 0.4) is 0 Å². The van der Waals surface area contributed by atoms with Gasteiger partial charge in [0.05, 0.1) is 6.04 Å². The number of benzene rings is 1. The first-order valence-corrected chi connectivity index (χ1v) is 5.88. The van der Waals surface area contributed by atoms with E-state index >= 15 is 0 Å². The topological polar surface area (TPSA) is 39.2 Å². The van der Waals surface area contributed by atoms with Crippen LogP contribution in [0.15, 0.2) is 34.7 Å². The predicted molar refractivity (Wildman–Crippen MR) is 65.1 cm³/mol. The maximum absolute atomic E-state index is 13.5. The summed E-state index contributed by atoms with van der Waals surface area (Å²) in [5.74, 6) is 0.305. The molecule has 1 atom stereocenters. The van der Waals surface area contributed by atoms with Gasteiger partial charge in [0.25, 0.3) is 0 Å². The molecule has 1 heterocycles. The summed E-state index contributed by atoms with van der Waals surface area (Å²) in [5, 5.41) is 0. The summed E-state index contributed by atoms with van der Waals surface area (Å²) in [6.07, 6.45) is 1.07. The molecule has 2 aromatic rings. The first-order valence-electron chi connectivity index (χ1n) is 5.88. The highest BCUT2D eigenvalue weighted by Gasteiger charge is 2.14. The second-order valence-electron chi connectivity index (χ2n) is 4.20. The van der Waals surface area contributed by atoms with Gasteiger partial charge in [0.2, 0.25) is 0 Å². The molecule has 18 heavy (non-hydrogen) atoms. The van der Waals surface area contributed by atoms with E-state index in [1.54, 1.807) is 6.07 Å². The van der Waals surface area contributed by atoms with E-state index in [0.717, 1.165) is 18.2 Å². The minimum absolute atomic E-state index is 0.281. The van der Waals surface area contributed by atoms with Gasteiger partial charge in [-0.05, 0) is 30.2 Å². The van der Waals surface area contributed by atoms with Crippen LogP contribution in [0, 0.1) is 11.6 Å². The number of aryl methyl sites for hydroxylation is 1. The zero-order chi connectivity index (χ0) is 13.1. The molecule has 4 heteroatoms. The standard InChI is InChI=1S/C14H15F2NO/c1-2-11-5-6-14(18-11)13(17)7-9-3-4-10(15)8-12(9)16/h3-6,8,13H,2,7,17H2,1H3. The Balaban J connectivity index is 2.13. The molecule has 0 spiro atoms. The molecule has 0 aliphatic carbocycles. The maximum Gasteiger partial charge on any atom is 0.129 e. The van der Waals surface area contributed by atoms with Crippen molar-refractivity contribution in [2.45, 2.75) is 25.8 Å². The Morgan fingerprint density at radius 1 is 1.22 bits per heavy atom. The molecule has 0 radical (unpaired) electrons. The molecule has 2 N–H and O–H groups in total. The van der Waals surface area contributed by atoms with Gasteiger partial charge in [-0.1, -0.05) is 13.0 Å². The van der Waals surface area contributed by atoms with E-state index in [1.807, 2.05) is 13.0 Å². The van der Waals surface area contributed by atoms with Crippen molar-refractivity contribution in [3.8, 4) is 0 Å². The monoisotopic (exact) mass is 251 g/mol.